The van der Waals surface area contributed by atoms with Gasteiger partial charge in [-0.25, -0.2) is 9.78 Å². The smallest absolute Gasteiger partial charge is 0.342 e. The molecule has 1 aromatic heterocycles. The van der Waals surface area contributed by atoms with Gasteiger partial charge in [0.05, 0.1) is 11.6 Å². The number of benzene rings is 2. The van der Waals surface area contributed by atoms with E-state index in [0.29, 0.717) is 35.3 Å². The van der Waals surface area contributed by atoms with E-state index < -0.39 is 5.97 Å². The highest BCUT2D eigenvalue weighted by Gasteiger charge is 2.13. The summed E-state index contributed by atoms with van der Waals surface area (Å²) in [6.45, 7) is 2.32. The molecule has 3 aromatic rings. The molecule has 2 aromatic carbocycles. The number of rotatable bonds is 8. The third-order valence-corrected chi connectivity index (χ3v) is 4.80. The van der Waals surface area contributed by atoms with Crippen LogP contribution >= 0.6 is 11.8 Å². The lowest BCUT2D eigenvalue weighted by atomic mass is 10.1. The number of hydrogen-bond acceptors (Lipinski definition) is 6. The van der Waals surface area contributed by atoms with Crippen LogP contribution in [-0.4, -0.2) is 26.3 Å². The van der Waals surface area contributed by atoms with E-state index in [4.69, 9.17) is 10.00 Å². The van der Waals surface area contributed by atoms with E-state index in [1.54, 1.807) is 42.5 Å². The van der Waals surface area contributed by atoms with Crippen molar-refractivity contribution >= 4 is 23.8 Å². The zero-order valence-corrected chi connectivity index (χ0v) is 16.4. The molecule has 0 aliphatic carbocycles. The Morgan fingerprint density at radius 1 is 1.24 bits per heavy atom. The molecule has 0 spiro atoms. The molecule has 0 aliphatic heterocycles. The predicted octanol–water partition coefficient (Wildman–Crippen LogP) is 4.04. The highest BCUT2D eigenvalue weighted by atomic mass is 32.2. The summed E-state index contributed by atoms with van der Waals surface area (Å²) < 4.78 is 5.73. The molecule has 7 nitrogen and oxygen atoms in total. The Bertz CT molecular complexity index is 1050. The van der Waals surface area contributed by atoms with Crippen LogP contribution in [0.15, 0.2) is 58.6 Å². The van der Waals surface area contributed by atoms with Gasteiger partial charge in [-0.05, 0) is 53.2 Å². The Balaban J connectivity index is 1.65. The van der Waals surface area contributed by atoms with Crippen LogP contribution in [0.1, 0.15) is 29.4 Å². The minimum absolute atomic E-state index is 0.123. The molecular formula is C21H18N4O3S. The van der Waals surface area contributed by atoms with Crippen LogP contribution < -0.4 is 4.74 Å². The van der Waals surface area contributed by atoms with Crippen LogP contribution in [0.2, 0.25) is 0 Å². The third-order valence-electron chi connectivity index (χ3n) is 3.92. The molecule has 2 N–H and O–H groups in total. The number of H-pyrrole nitrogens is 1. The van der Waals surface area contributed by atoms with Crippen LogP contribution in [0.25, 0.3) is 6.08 Å². The van der Waals surface area contributed by atoms with Gasteiger partial charge in [0.25, 0.3) is 0 Å². The van der Waals surface area contributed by atoms with Gasteiger partial charge in [0, 0.05) is 6.42 Å². The molecule has 0 atom stereocenters. The summed E-state index contributed by atoms with van der Waals surface area (Å²) in [7, 11) is 0. The van der Waals surface area contributed by atoms with Crippen molar-refractivity contribution in [2.75, 3.05) is 0 Å². The number of nitriles is 1. The second-order valence-electron chi connectivity index (χ2n) is 6.00. The second kappa shape index (κ2) is 9.57. The van der Waals surface area contributed by atoms with Crippen LogP contribution in [0.4, 0.5) is 0 Å². The van der Waals surface area contributed by atoms with E-state index in [2.05, 4.69) is 21.3 Å². The summed E-state index contributed by atoms with van der Waals surface area (Å²) >= 11 is 0.996. The van der Waals surface area contributed by atoms with Gasteiger partial charge in [-0.3, -0.25) is 5.10 Å². The normalized spacial score (nSPS) is 11.1. The van der Waals surface area contributed by atoms with Gasteiger partial charge in [-0.15, -0.1) is 5.10 Å². The van der Waals surface area contributed by atoms with Gasteiger partial charge in [0.1, 0.15) is 23.1 Å². The highest BCUT2D eigenvalue weighted by Crippen LogP contribution is 2.26. The maximum absolute atomic E-state index is 11.6. The van der Waals surface area contributed by atoms with Crippen LogP contribution in [-0.2, 0) is 17.8 Å². The number of hydrogen-bond donors (Lipinski definition) is 2. The number of carbonyl (C=O) groups is 1. The highest BCUT2D eigenvalue weighted by molar-refractivity contribution is 8.04. The Morgan fingerprint density at radius 3 is 2.55 bits per heavy atom. The molecule has 0 aliphatic rings. The minimum Gasteiger partial charge on any atom is -0.489 e. The van der Waals surface area contributed by atoms with Crippen molar-refractivity contribution in [3.05, 3.63) is 76.0 Å². The molecule has 0 radical (unpaired) electrons. The van der Waals surface area contributed by atoms with Gasteiger partial charge in [-0.1, -0.05) is 31.2 Å². The second-order valence-corrected chi connectivity index (χ2v) is 7.01. The van der Waals surface area contributed by atoms with Crippen molar-refractivity contribution in [2.45, 2.75) is 25.1 Å². The molecule has 146 valence electrons. The SMILES string of the molecule is CCc1nc(S/C(=C\c2ccc(OCc3ccc(C#N)cc3)cc2)C(=O)O)n[nH]1. The van der Waals surface area contributed by atoms with Crippen molar-refractivity contribution in [3.63, 3.8) is 0 Å². The van der Waals surface area contributed by atoms with Crippen molar-refractivity contribution < 1.29 is 14.6 Å². The number of aliphatic carboxylic acids is 1. The molecule has 0 fully saturated rings. The Kier molecular flexibility index (Phi) is 6.66. The topological polar surface area (TPSA) is 112 Å². The number of carboxylic acid groups (broad SMARTS) is 1. The maximum atomic E-state index is 11.6. The number of aromatic amines is 1. The molecule has 8 heteroatoms. The largest absolute Gasteiger partial charge is 0.489 e. The number of nitrogens with zero attached hydrogens (tertiary/aromatic N) is 3. The molecule has 0 saturated heterocycles. The van der Waals surface area contributed by atoms with Crippen LogP contribution in [0.3, 0.4) is 0 Å². The molecule has 0 bridgehead atoms. The van der Waals surface area contributed by atoms with Gasteiger partial charge in [-0.2, -0.15) is 5.26 Å². The van der Waals surface area contributed by atoms with Gasteiger partial charge < -0.3 is 9.84 Å². The van der Waals surface area contributed by atoms with Crippen molar-refractivity contribution in [1.29, 1.82) is 5.26 Å². The molecule has 0 unspecified atom stereocenters. The summed E-state index contributed by atoms with van der Waals surface area (Å²) in [5.41, 5.74) is 2.29. The van der Waals surface area contributed by atoms with Crippen molar-refractivity contribution in [2.24, 2.45) is 0 Å². The van der Waals surface area contributed by atoms with Crippen molar-refractivity contribution in [1.82, 2.24) is 15.2 Å². The minimum atomic E-state index is -1.04. The zero-order chi connectivity index (χ0) is 20.6. The summed E-state index contributed by atoms with van der Waals surface area (Å²) in [4.78, 5) is 15.9. The number of aryl methyl sites for hydroxylation is 1. The summed E-state index contributed by atoms with van der Waals surface area (Å²) in [6, 6.07) is 16.4. The standard InChI is InChI=1S/C21H18N4O3S/c1-2-19-23-21(25-24-19)29-18(20(26)27)11-14-7-9-17(10-8-14)28-13-16-5-3-15(12-22)4-6-16/h3-11H,2,13H2,1H3,(H,26,27)(H,23,24,25)/b18-11-. The first-order valence-corrected chi connectivity index (χ1v) is 9.65. The fourth-order valence-corrected chi connectivity index (χ4v) is 3.09. The predicted molar refractivity (Wildman–Crippen MR) is 109 cm³/mol. The number of carboxylic acids is 1. The first kappa shape index (κ1) is 20.2. The van der Waals surface area contributed by atoms with Gasteiger partial charge >= 0.3 is 5.97 Å². The summed E-state index contributed by atoms with van der Waals surface area (Å²) in [6.07, 6.45) is 2.27. The molecular weight excluding hydrogens is 388 g/mol. The van der Waals surface area contributed by atoms with Crippen LogP contribution in [0, 0.1) is 11.3 Å². The zero-order valence-electron chi connectivity index (χ0n) is 15.6. The molecule has 1 heterocycles. The van der Waals surface area contributed by atoms with Gasteiger partial charge in [0.15, 0.2) is 0 Å². The van der Waals surface area contributed by atoms with E-state index >= 15 is 0 Å². The summed E-state index contributed by atoms with van der Waals surface area (Å²) in [5, 5.41) is 25.4. The lowest BCUT2D eigenvalue weighted by Gasteiger charge is -2.07. The monoisotopic (exact) mass is 406 g/mol. The Morgan fingerprint density at radius 2 is 1.97 bits per heavy atom. The lowest BCUT2D eigenvalue weighted by Crippen LogP contribution is -1.98. The van der Waals surface area contributed by atoms with E-state index in [1.807, 2.05) is 19.1 Å². The van der Waals surface area contributed by atoms with E-state index in [9.17, 15) is 9.90 Å². The number of thioether (sulfide) groups is 1. The first-order chi connectivity index (χ1) is 14.1. The van der Waals surface area contributed by atoms with E-state index in [0.717, 1.165) is 22.9 Å². The van der Waals surface area contributed by atoms with E-state index in [-0.39, 0.29) is 4.91 Å². The third kappa shape index (κ3) is 5.70. The summed E-state index contributed by atoms with van der Waals surface area (Å²) in [5.74, 6) is 0.331. The fraction of sp³-hybridized carbons (Fsp3) is 0.143. The maximum Gasteiger partial charge on any atom is 0.342 e. The molecule has 29 heavy (non-hydrogen) atoms. The number of ether oxygens (including phenoxy) is 1. The lowest BCUT2D eigenvalue weighted by molar-refractivity contribution is -0.131. The van der Waals surface area contributed by atoms with Crippen LogP contribution in [0.5, 0.6) is 5.75 Å². The van der Waals surface area contributed by atoms with Crippen molar-refractivity contribution in [3.8, 4) is 11.8 Å². The molecule has 0 amide bonds. The van der Waals surface area contributed by atoms with Gasteiger partial charge in [0.2, 0.25) is 5.16 Å². The fourth-order valence-electron chi connectivity index (χ4n) is 2.37. The Hall–Kier alpha value is -3.57. The number of aromatic nitrogens is 3. The average Bonchev–Trinajstić information content (AvgIpc) is 3.21. The first-order valence-electron chi connectivity index (χ1n) is 8.83. The quantitative estimate of drug-likeness (QED) is 0.429. The Labute approximate surface area is 172 Å². The average molecular weight is 406 g/mol. The number of nitrogens with one attached hydrogen (secondary N) is 1. The van der Waals surface area contributed by atoms with E-state index in [1.165, 1.54) is 0 Å². The molecule has 3 rings (SSSR count). The molecule has 0 saturated carbocycles.